The highest BCUT2D eigenvalue weighted by molar-refractivity contribution is 5.68. The van der Waals surface area contributed by atoms with Crippen molar-refractivity contribution in [3.05, 3.63) is 71.6 Å². The van der Waals surface area contributed by atoms with Crippen molar-refractivity contribution in [3.8, 4) is 11.5 Å². The summed E-state index contributed by atoms with van der Waals surface area (Å²) in [5.41, 5.74) is -0.772. The largest absolute Gasteiger partial charge is 0.490 e. The number of halogens is 4. The molecule has 2 heterocycles. The van der Waals surface area contributed by atoms with Crippen LogP contribution in [0.2, 0.25) is 0 Å². The molecule has 39 heavy (non-hydrogen) atoms. The monoisotopic (exact) mass is 548 g/mol. The number of hydrogen-bond acceptors (Lipinski definition) is 7. The number of nitrogens with one attached hydrogen (secondary N) is 1. The first kappa shape index (κ1) is 27.9. The summed E-state index contributed by atoms with van der Waals surface area (Å²) in [7, 11) is 0. The van der Waals surface area contributed by atoms with Gasteiger partial charge in [0.25, 0.3) is 0 Å². The zero-order chi connectivity index (χ0) is 28.2. The topological polar surface area (TPSA) is 85.8 Å². The van der Waals surface area contributed by atoms with E-state index in [9.17, 15) is 22.4 Å². The molecule has 1 N–H and O–H groups in total. The molecule has 0 atom stereocenters. The van der Waals surface area contributed by atoms with Crippen LogP contribution in [0.4, 0.5) is 34.0 Å². The second kappa shape index (κ2) is 11.7. The van der Waals surface area contributed by atoms with Crippen molar-refractivity contribution in [2.24, 2.45) is 0 Å². The molecule has 0 saturated carbocycles. The second-order valence-electron chi connectivity index (χ2n) is 9.92. The quantitative estimate of drug-likeness (QED) is 0.281. The summed E-state index contributed by atoms with van der Waals surface area (Å²) in [5.74, 6) is -5.20. The van der Waals surface area contributed by atoms with E-state index in [2.05, 4.69) is 15.3 Å². The number of rotatable bonds is 7. The van der Waals surface area contributed by atoms with Crippen molar-refractivity contribution in [2.75, 3.05) is 18.4 Å². The third-order valence-electron chi connectivity index (χ3n) is 5.70. The number of piperidine rings is 1. The Morgan fingerprint density at radius 3 is 2.26 bits per heavy atom. The predicted molar refractivity (Wildman–Crippen MR) is 134 cm³/mol. The number of benzene rings is 2. The van der Waals surface area contributed by atoms with Crippen LogP contribution in [0.15, 0.2) is 42.7 Å². The summed E-state index contributed by atoms with van der Waals surface area (Å²) in [6.45, 7) is 5.81. The molecule has 1 fully saturated rings. The molecule has 4 rings (SSSR count). The van der Waals surface area contributed by atoms with Gasteiger partial charge in [0, 0.05) is 43.8 Å². The van der Waals surface area contributed by atoms with Crippen LogP contribution < -0.4 is 14.8 Å². The van der Waals surface area contributed by atoms with Crippen molar-refractivity contribution in [3.63, 3.8) is 0 Å². The van der Waals surface area contributed by atoms with Crippen LogP contribution in [0, 0.1) is 23.3 Å². The van der Waals surface area contributed by atoms with Crippen molar-refractivity contribution >= 4 is 17.7 Å². The summed E-state index contributed by atoms with van der Waals surface area (Å²) < 4.78 is 71.0. The molecule has 0 aliphatic carbocycles. The Morgan fingerprint density at radius 2 is 1.64 bits per heavy atom. The number of nitrogens with zero attached hydrogens (tertiary/aromatic N) is 3. The highest BCUT2D eigenvalue weighted by Gasteiger charge is 2.27. The Hall–Kier alpha value is -4.09. The number of hydrogen-bond donors (Lipinski definition) is 1. The van der Waals surface area contributed by atoms with Gasteiger partial charge in [0.15, 0.2) is 29.0 Å². The van der Waals surface area contributed by atoms with E-state index in [1.807, 2.05) is 26.8 Å². The van der Waals surface area contributed by atoms with Gasteiger partial charge in [0.1, 0.15) is 24.1 Å². The number of carbonyl (C=O) groups excluding carboxylic acids is 1. The maximum absolute atomic E-state index is 13.8. The third-order valence-corrected chi connectivity index (χ3v) is 5.70. The molecule has 8 nitrogen and oxygen atoms in total. The van der Waals surface area contributed by atoms with E-state index in [0.717, 1.165) is 0 Å². The zero-order valence-electron chi connectivity index (χ0n) is 21.6. The fourth-order valence-electron chi connectivity index (χ4n) is 3.81. The van der Waals surface area contributed by atoms with Gasteiger partial charge in [-0.2, -0.15) is 0 Å². The fraction of sp³-hybridized carbons (Fsp3) is 0.370. The average Bonchev–Trinajstić information content (AvgIpc) is 2.88. The molecular weight excluding hydrogens is 520 g/mol. The van der Waals surface area contributed by atoms with Gasteiger partial charge in [-0.05, 0) is 32.9 Å². The van der Waals surface area contributed by atoms with Crippen molar-refractivity contribution in [2.45, 2.75) is 51.9 Å². The van der Waals surface area contributed by atoms with Crippen LogP contribution in [0.25, 0.3) is 0 Å². The molecule has 0 radical (unpaired) electrons. The standard InChI is InChI=1S/C27H28F4N4O4/c1-27(2,3)39-26(36)35-9-7-17(8-10-35)38-18-6-4-5-16(11-18)34-25-32-13-19(14-33-25)37-15-20-23(30)21(28)12-22(29)24(20)31/h4-6,11-14,17H,7-10,15H2,1-3H3,(H,32,33,34). The molecule has 208 valence electrons. The van der Waals surface area contributed by atoms with Gasteiger partial charge in [0.2, 0.25) is 5.95 Å². The fourth-order valence-corrected chi connectivity index (χ4v) is 3.81. The third kappa shape index (κ3) is 7.49. The SMILES string of the molecule is CC(C)(C)OC(=O)N1CCC(Oc2cccc(Nc3ncc(OCc4c(F)c(F)cc(F)c4F)cn3)c2)CC1. The molecule has 0 bridgehead atoms. The van der Waals surface area contributed by atoms with Gasteiger partial charge in [0.05, 0.1) is 18.0 Å². The van der Waals surface area contributed by atoms with Crippen molar-refractivity contribution in [1.82, 2.24) is 14.9 Å². The van der Waals surface area contributed by atoms with Gasteiger partial charge >= 0.3 is 6.09 Å². The Labute approximate surface area is 222 Å². The molecule has 0 unspecified atom stereocenters. The summed E-state index contributed by atoms with van der Waals surface area (Å²) in [6.07, 6.45) is 3.44. The molecule has 3 aromatic rings. The Balaban J connectivity index is 1.29. The highest BCUT2D eigenvalue weighted by atomic mass is 19.2. The number of anilines is 2. The molecule has 2 aromatic carbocycles. The summed E-state index contributed by atoms with van der Waals surface area (Å²) >= 11 is 0. The van der Waals surface area contributed by atoms with Gasteiger partial charge < -0.3 is 24.4 Å². The minimum absolute atomic E-state index is 0.0406. The highest BCUT2D eigenvalue weighted by Crippen LogP contribution is 2.25. The van der Waals surface area contributed by atoms with Gasteiger partial charge in [-0.3, -0.25) is 0 Å². The van der Waals surface area contributed by atoms with Crippen LogP contribution in [-0.2, 0) is 11.3 Å². The maximum Gasteiger partial charge on any atom is 0.410 e. The van der Waals surface area contributed by atoms with Crippen molar-refractivity contribution in [1.29, 1.82) is 0 Å². The van der Waals surface area contributed by atoms with Crippen LogP contribution in [-0.4, -0.2) is 45.8 Å². The maximum atomic E-state index is 13.8. The van der Waals surface area contributed by atoms with E-state index < -0.39 is 41.0 Å². The number of ether oxygens (including phenoxy) is 3. The van der Waals surface area contributed by atoms with Crippen LogP contribution >= 0.6 is 0 Å². The molecule has 1 amide bonds. The minimum atomic E-state index is -1.52. The summed E-state index contributed by atoms with van der Waals surface area (Å²) in [6, 6.07) is 7.31. The Kier molecular flexibility index (Phi) is 8.41. The van der Waals surface area contributed by atoms with Gasteiger partial charge in [-0.25, -0.2) is 32.3 Å². The van der Waals surface area contributed by atoms with Gasteiger partial charge in [-0.1, -0.05) is 6.07 Å². The Morgan fingerprint density at radius 1 is 1.00 bits per heavy atom. The van der Waals surface area contributed by atoms with Crippen LogP contribution in [0.3, 0.4) is 0 Å². The number of amides is 1. The lowest BCUT2D eigenvalue weighted by molar-refractivity contribution is 0.0126. The van der Waals surface area contributed by atoms with Gasteiger partial charge in [-0.15, -0.1) is 0 Å². The summed E-state index contributed by atoms with van der Waals surface area (Å²) in [5, 5.41) is 3.01. The average molecular weight is 549 g/mol. The van der Waals surface area contributed by atoms with E-state index in [1.165, 1.54) is 12.4 Å². The lowest BCUT2D eigenvalue weighted by atomic mass is 10.1. The van der Waals surface area contributed by atoms with Crippen LogP contribution in [0.1, 0.15) is 39.2 Å². The lowest BCUT2D eigenvalue weighted by Gasteiger charge is -2.33. The molecule has 1 aliphatic rings. The smallest absolute Gasteiger partial charge is 0.410 e. The second-order valence-corrected chi connectivity index (χ2v) is 9.92. The molecular formula is C27H28F4N4O4. The van der Waals surface area contributed by atoms with E-state index in [4.69, 9.17) is 14.2 Å². The predicted octanol–water partition coefficient (Wildman–Crippen LogP) is 6.13. The molecule has 1 saturated heterocycles. The van der Waals surface area contributed by atoms with E-state index in [1.54, 1.807) is 23.1 Å². The first-order chi connectivity index (χ1) is 18.5. The molecule has 12 heteroatoms. The molecule has 0 spiro atoms. The first-order valence-electron chi connectivity index (χ1n) is 12.3. The molecule has 1 aromatic heterocycles. The normalized spacial score (nSPS) is 14.2. The molecule has 1 aliphatic heterocycles. The minimum Gasteiger partial charge on any atom is -0.490 e. The number of carbonyl (C=O) groups is 1. The van der Waals surface area contributed by atoms with E-state index in [0.29, 0.717) is 37.4 Å². The number of aromatic nitrogens is 2. The van der Waals surface area contributed by atoms with E-state index in [-0.39, 0.29) is 30.0 Å². The van der Waals surface area contributed by atoms with Crippen molar-refractivity contribution < 1.29 is 36.6 Å². The lowest BCUT2D eigenvalue weighted by Crippen LogP contribution is -2.44. The van der Waals surface area contributed by atoms with E-state index >= 15 is 0 Å². The van der Waals surface area contributed by atoms with Crippen LogP contribution in [0.5, 0.6) is 11.5 Å². The zero-order valence-corrected chi connectivity index (χ0v) is 21.6. The number of likely N-dealkylation sites (tertiary alicyclic amines) is 1. The Bertz CT molecular complexity index is 1280. The first-order valence-corrected chi connectivity index (χ1v) is 12.3. The summed E-state index contributed by atoms with van der Waals surface area (Å²) in [4.78, 5) is 22.1.